The predicted molar refractivity (Wildman–Crippen MR) is 111 cm³/mol. The van der Waals surface area contributed by atoms with Crippen LogP contribution in [0, 0.1) is 0 Å². The molecule has 0 fully saturated rings. The van der Waals surface area contributed by atoms with Gasteiger partial charge in [0, 0.05) is 17.5 Å². The number of rotatable bonds is 4. The lowest BCUT2D eigenvalue weighted by Crippen LogP contribution is -2.32. The molecule has 0 atom stereocenters. The van der Waals surface area contributed by atoms with Crippen molar-refractivity contribution in [2.75, 3.05) is 18.7 Å². The van der Waals surface area contributed by atoms with Crippen molar-refractivity contribution in [2.24, 2.45) is 0 Å². The third-order valence-corrected chi connectivity index (χ3v) is 4.99. The summed E-state index contributed by atoms with van der Waals surface area (Å²) in [6, 6.07) is 18.5. The molecule has 1 aliphatic rings. The maximum Gasteiger partial charge on any atom is 0.140 e. The lowest BCUT2D eigenvalue weighted by molar-refractivity contribution is 0.107. The number of para-hydroxylation sites is 1. The topological polar surface area (TPSA) is 39.5 Å². The first-order chi connectivity index (χ1) is 13.5. The van der Waals surface area contributed by atoms with E-state index < -0.39 is 0 Å². The van der Waals surface area contributed by atoms with Gasteiger partial charge in [0.1, 0.15) is 18.3 Å². The highest BCUT2D eigenvalue weighted by Gasteiger charge is 2.32. The largest absolute Gasteiger partial charge is 0.497 e. The van der Waals surface area contributed by atoms with E-state index in [1.54, 1.807) is 7.11 Å². The van der Waals surface area contributed by atoms with E-state index in [1.165, 1.54) is 11.1 Å². The minimum Gasteiger partial charge on any atom is -0.497 e. The van der Waals surface area contributed by atoms with Gasteiger partial charge in [-0.25, -0.2) is 4.68 Å². The van der Waals surface area contributed by atoms with Crippen LogP contribution in [0.15, 0.2) is 54.6 Å². The van der Waals surface area contributed by atoms with Crippen molar-refractivity contribution in [3.63, 3.8) is 0 Å². The van der Waals surface area contributed by atoms with Gasteiger partial charge < -0.3 is 14.4 Å². The van der Waals surface area contributed by atoms with Gasteiger partial charge in [0.05, 0.1) is 25.1 Å². The average Bonchev–Trinajstić information content (AvgIpc) is 3.10. The number of ether oxygens (including phenoxy) is 2. The van der Waals surface area contributed by atoms with E-state index in [0.717, 1.165) is 29.5 Å². The van der Waals surface area contributed by atoms with Crippen LogP contribution in [0.2, 0.25) is 0 Å². The van der Waals surface area contributed by atoms with Gasteiger partial charge in [0.15, 0.2) is 0 Å². The van der Waals surface area contributed by atoms with Crippen molar-refractivity contribution in [3.8, 4) is 11.4 Å². The third kappa shape index (κ3) is 3.50. The number of methoxy groups -OCH3 is 1. The van der Waals surface area contributed by atoms with Crippen molar-refractivity contribution in [1.82, 2.24) is 9.78 Å². The minimum absolute atomic E-state index is 0.0589. The number of fused-ring (bicyclic) bond motifs is 1. The number of hydrogen-bond acceptors (Lipinski definition) is 4. The van der Waals surface area contributed by atoms with Crippen LogP contribution in [-0.2, 0) is 23.3 Å². The fraction of sp³-hybridized carbons (Fsp3) is 0.348. The predicted octanol–water partition coefficient (Wildman–Crippen LogP) is 4.67. The first kappa shape index (κ1) is 18.6. The zero-order valence-electron chi connectivity index (χ0n) is 17.0. The molecule has 2 aromatic carbocycles. The Hall–Kier alpha value is -2.79. The van der Waals surface area contributed by atoms with Crippen LogP contribution < -0.4 is 9.64 Å². The zero-order valence-corrected chi connectivity index (χ0v) is 17.0. The molecule has 3 aromatic rings. The molecule has 146 valence electrons. The van der Waals surface area contributed by atoms with Gasteiger partial charge in [0.25, 0.3) is 0 Å². The minimum atomic E-state index is -0.0589. The number of hydrogen-bond donors (Lipinski definition) is 0. The van der Waals surface area contributed by atoms with Crippen LogP contribution in [0.4, 0.5) is 5.82 Å². The van der Waals surface area contributed by atoms with Crippen LogP contribution in [0.25, 0.3) is 5.69 Å². The van der Waals surface area contributed by atoms with Crippen molar-refractivity contribution in [3.05, 3.63) is 71.4 Å². The molecule has 5 heteroatoms. The Bertz CT molecular complexity index is 940. The van der Waals surface area contributed by atoms with E-state index in [-0.39, 0.29) is 5.41 Å². The highest BCUT2D eigenvalue weighted by molar-refractivity contribution is 5.57. The fourth-order valence-corrected chi connectivity index (χ4v) is 3.64. The van der Waals surface area contributed by atoms with E-state index in [0.29, 0.717) is 13.3 Å². The number of benzene rings is 2. The Morgan fingerprint density at radius 2 is 1.75 bits per heavy atom. The Labute approximate surface area is 166 Å². The molecule has 0 radical (unpaired) electrons. The second-order valence-electron chi connectivity index (χ2n) is 8.17. The molecular formula is C23H27N3O2. The van der Waals surface area contributed by atoms with E-state index in [9.17, 15) is 0 Å². The summed E-state index contributed by atoms with van der Waals surface area (Å²) in [6.45, 7) is 8.49. The molecule has 0 bridgehead atoms. The van der Waals surface area contributed by atoms with Crippen LogP contribution in [0.5, 0.6) is 5.75 Å². The molecule has 1 aromatic heterocycles. The Morgan fingerprint density at radius 3 is 2.39 bits per heavy atom. The monoisotopic (exact) mass is 377 g/mol. The molecule has 5 nitrogen and oxygen atoms in total. The van der Waals surface area contributed by atoms with Crippen LogP contribution >= 0.6 is 0 Å². The van der Waals surface area contributed by atoms with Crippen LogP contribution in [-0.4, -0.2) is 23.6 Å². The number of anilines is 1. The van der Waals surface area contributed by atoms with Gasteiger partial charge in [-0.05, 0) is 29.8 Å². The molecule has 0 spiro atoms. The Kier molecular flexibility index (Phi) is 4.85. The second kappa shape index (κ2) is 7.32. The highest BCUT2D eigenvalue weighted by atomic mass is 16.5. The van der Waals surface area contributed by atoms with E-state index >= 15 is 0 Å². The maximum atomic E-state index is 5.96. The van der Waals surface area contributed by atoms with Crippen molar-refractivity contribution in [2.45, 2.75) is 39.3 Å². The fourth-order valence-electron chi connectivity index (χ4n) is 3.64. The van der Waals surface area contributed by atoms with Crippen molar-refractivity contribution in [1.29, 1.82) is 0 Å². The van der Waals surface area contributed by atoms with Crippen LogP contribution in [0.1, 0.15) is 37.6 Å². The summed E-state index contributed by atoms with van der Waals surface area (Å²) < 4.78 is 13.3. The quantitative estimate of drug-likeness (QED) is 0.662. The van der Waals surface area contributed by atoms with Gasteiger partial charge in [-0.15, -0.1) is 0 Å². The molecule has 1 aliphatic heterocycles. The summed E-state index contributed by atoms with van der Waals surface area (Å²) in [4.78, 5) is 2.26. The van der Waals surface area contributed by atoms with Crippen molar-refractivity contribution < 1.29 is 9.47 Å². The molecule has 0 saturated carbocycles. The molecule has 0 aliphatic carbocycles. The Balaban J connectivity index is 1.78. The van der Waals surface area contributed by atoms with E-state index in [4.69, 9.17) is 14.6 Å². The lowest BCUT2D eigenvalue weighted by atomic mass is 9.89. The summed E-state index contributed by atoms with van der Waals surface area (Å²) in [5.41, 5.74) is 4.48. The molecule has 0 N–H and O–H groups in total. The summed E-state index contributed by atoms with van der Waals surface area (Å²) in [7, 11) is 1.69. The number of aromatic nitrogens is 2. The van der Waals surface area contributed by atoms with Gasteiger partial charge in [-0.1, -0.05) is 51.1 Å². The highest BCUT2D eigenvalue weighted by Crippen LogP contribution is 2.37. The summed E-state index contributed by atoms with van der Waals surface area (Å²) in [5, 5.41) is 5.03. The van der Waals surface area contributed by atoms with Gasteiger partial charge >= 0.3 is 0 Å². The summed E-state index contributed by atoms with van der Waals surface area (Å²) in [6.07, 6.45) is 0. The Morgan fingerprint density at radius 1 is 1.04 bits per heavy atom. The zero-order chi connectivity index (χ0) is 19.7. The SMILES string of the molecule is COc1ccc(CN2COCc3c(C(C)(C)C)nn(-c4ccccc4)c32)cc1. The molecular weight excluding hydrogens is 350 g/mol. The second-order valence-corrected chi connectivity index (χ2v) is 8.17. The maximum absolute atomic E-state index is 5.96. The molecule has 0 amide bonds. The van der Waals surface area contributed by atoms with Gasteiger partial charge in [-0.3, -0.25) is 0 Å². The molecule has 28 heavy (non-hydrogen) atoms. The summed E-state index contributed by atoms with van der Waals surface area (Å²) >= 11 is 0. The first-order valence-electron chi connectivity index (χ1n) is 9.61. The standard InChI is InChI=1S/C23H27N3O2/c1-23(2,3)21-20-15-28-16-25(14-17-10-12-19(27-4)13-11-17)22(20)26(24-21)18-8-6-5-7-9-18/h5-13H,14-16H2,1-4H3. The molecule has 0 unspecified atom stereocenters. The van der Waals surface area contributed by atoms with Gasteiger partial charge in [-0.2, -0.15) is 5.10 Å². The average molecular weight is 377 g/mol. The number of nitrogens with zero attached hydrogens (tertiary/aromatic N) is 3. The van der Waals surface area contributed by atoms with Crippen LogP contribution in [0.3, 0.4) is 0 Å². The first-order valence-corrected chi connectivity index (χ1v) is 9.61. The molecule has 4 rings (SSSR count). The smallest absolute Gasteiger partial charge is 0.140 e. The van der Waals surface area contributed by atoms with E-state index in [2.05, 4.69) is 54.6 Å². The summed E-state index contributed by atoms with van der Waals surface area (Å²) in [5.74, 6) is 1.99. The third-order valence-electron chi connectivity index (χ3n) is 4.99. The molecule has 2 heterocycles. The van der Waals surface area contributed by atoms with Gasteiger partial charge in [0.2, 0.25) is 0 Å². The molecule has 0 saturated heterocycles. The van der Waals surface area contributed by atoms with E-state index in [1.807, 2.05) is 30.3 Å². The lowest BCUT2D eigenvalue weighted by Gasteiger charge is -2.31. The van der Waals surface area contributed by atoms with Crippen molar-refractivity contribution >= 4 is 5.82 Å². The normalized spacial score (nSPS) is 14.1.